The maximum absolute atomic E-state index is 12.1. The van der Waals surface area contributed by atoms with Crippen molar-refractivity contribution in [2.24, 2.45) is 0 Å². The molecule has 5 heteroatoms. The van der Waals surface area contributed by atoms with Gasteiger partial charge in [0.2, 0.25) is 5.91 Å². The molecule has 21 heavy (non-hydrogen) atoms. The van der Waals surface area contributed by atoms with E-state index in [1.165, 1.54) is 19.3 Å². The average molecular weight is 308 g/mol. The van der Waals surface area contributed by atoms with Crippen LogP contribution in [0.2, 0.25) is 5.02 Å². The molecule has 4 nitrogen and oxygen atoms in total. The molecule has 2 heterocycles. The van der Waals surface area contributed by atoms with Crippen LogP contribution in [-0.4, -0.2) is 48.4 Å². The van der Waals surface area contributed by atoms with E-state index in [0.717, 1.165) is 31.7 Å². The van der Waals surface area contributed by atoms with E-state index in [1.54, 1.807) is 0 Å². The van der Waals surface area contributed by atoms with Crippen molar-refractivity contribution in [2.75, 3.05) is 32.7 Å². The van der Waals surface area contributed by atoms with Crippen LogP contribution in [0.1, 0.15) is 31.0 Å². The Labute approximate surface area is 131 Å². The first kappa shape index (κ1) is 14.8. The van der Waals surface area contributed by atoms with Crippen LogP contribution in [0, 0.1) is 0 Å². The highest BCUT2D eigenvalue weighted by molar-refractivity contribution is 6.30. The summed E-state index contributed by atoms with van der Waals surface area (Å²) in [6.07, 6.45) is 3.86. The summed E-state index contributed by atoms with van der Waals surface area (Å²) in [6.45, 7) is 4.49. The van der Waals surface area contributed by atoms with Gasteiger partial charge in [-0.3, -0.25) is 10.1 Å². The number of benzene rings is 1. The zero-order valence-electron chi connectivity index (χ0n) is 12.2. The molecule has 1 atom stereocenters. The summed E-state index contributed by atoms with van der Waals surface area (Å²) in [7, 11) is 0. The maximum atomic E-state index is 12.1. The lowest BCUT2D eigenvalue weighted by Crippen LogP contribution is -2.40. The zero-order valence-corrected chi connectivity index (χ0v) is 13.0. The SMILES string of the molecule is O=C1CNC(c2cccc(Cl)c2)N1CCN1CCCCC1. The summed E-state index contributed by atoms with van der Waals surface area (Å²) in [6, 6.07) is 7.76. The number of nitrogens with zero attached hydrogens (tertiary/aromatic N) is 2. The fourth-order valence-corrected chi connectivity index (χ4v) is 3.40. The van der Waals surface area contributed by atoms with Crippen molar-refractivity contribution in [3.63, 3.8) is 0 Å². The van der Waals surface area contributed by atoms with Crippen LogP contribution < -0.4 is 5.32 Å². The molecule has 0 aliphatic carbocycles. The average Bonchev–Trinajstić information content (AvgIpc) is 2.87. The molecule has 2 aliphatic rings. The van der Waals surface area contributed by atoms with E-state index in [9.17, 15) is 4.79 Å². The first-order valence-corrected chi connectivity index (χ1v) is 8.12. The Hall–Kier alpha value is -1.10. The Balaban J connectivity index is 1.65. The number of halogens is 1. The maximum Gasteiger partial charge on any atom is 0.238 e. The van der Waals surface area contributed by atoms with Gasteiger partial charge in [0, 0.05) is 18.1 Å². The van der Waals surface area contributed by atoms with Gasteiger partial charge in [0.15, 0.2) is 0 Å². The third-order valence-corrected chi connectivity index (χ3v) is 4.58. The predicted octanol–water partition coefficient (Wildman–Crippen LogP) is 2.26. The number of carbonyl (C=O) groups is 1. The van der Waals surface area contributed by atoms with Crippen LogP contribution >= 0.6 is 11.6 Å². The number of amides is 1. The predicted molar refractivity (Wildman–Crippen MR) is 84.2 cm³/mol. The molecule has 1 unspecified atom stereocenters. The van der Waals surface area contributed by atoms with Gasteiger partial charge in [-0.15, -0.1) is 0 Å². The highest BCUT2D eigenvalue weighted by Crippen LogP contribution is 2.24. The number of piperidine rings is 1. The molecule has 2 aliphatic heterocycles. The third-order valence-electron chi connectivity index (χ3n) is 4.35. The summed E-state index contributed by atoms with van der Waals surface area (Å²) >= 11 is 6.07. The van der Waals surface area contributed by atoms with E-state index in [1.807, 2.05) is 29.2 Å². The molecule has 1 amide bonds. The molecule has 3 rings (SSSR count). The molecule has 0 spiro atoms. The van der Waals surface area contributed by atoms with Gasteiger partial charge in [-0.2, -0.15) is 0 Å². The van der Waals surface area contributed by atoms with E-state index < -0.39 is 0 Å². The van der Waals surface area contributed by atoms with Crippen LogP contribution in [0.25, 0.3) is 0 Å². The molecule has 0 bridgehead atoms. The van der Waals surface area contributed by atoms with Gasteiger partial charge in [-0.05, 0) is 43.6 Å². The second-order valence-electron chi connectivity index (χ2n) is 5.83. The lowest BCUT2D eigenvalue weighted by molar-refractivity contribution is -0.128. The molecule has 1 aromatic carbocycles. The Morgan fingerprint density at radius 3 is 2.76 bits per heavy atom. The van der Waals surface area contributed by atoms with Gasteiger partial charge in [0.05, 0.1) is 6.54 Å². The van der Waals surface area contributed by atoms with Crippen molar-refractivity contribution < 1.29 is 4.79 Å². The highest BCUT2D eigenvalue weighted by atomic mass is 35.5. The van der Waals surface area contributed by atoms with Crippen molar-refractivity contribution in [3.8, 4) is 0 Å². The largest absolute Gasteiger partial charge is 0.321 e. The highest BCUT2D eigenvalue weighted by Gasteiger charge is 2.31. The molecule has 0 radical (unpaired) electrons. The topological polar surface area (TPSA) is 35.6 Å². The lowest BCUT2D eigenvalue weighted by Gasteiger charge is -2.30. The van der Waals surface area contributed by atoms with Crippen LogP contribution in [0.4, 0.5) is 0 Å². The number of rotatable bonds is 4. The normalized spacial score (nSPS) is 23.8. The summed E-state index contributed by atoms with van der Waals surface area (Å²) in [4.78, 5) is 16.5. The molecule has 2 fully saturated rings. The summed E-state index contributed by atoms with van der Waals surface area (Å²) in [5.41, 5.74) is 1.06. The molecular weight excluding hydrogens is 286 g/mol. The Morgan fingerprint density at radius 2 is 2.00 bits per heavy atom. The van der Waals surface area contributed by atoms with Gasteiger partial charge in [-0.1, -0.05) is 30.2 Å². The number of carbonyl (C=O) groups excluding carboxylic acids is 1. The molecule has 1 aromatic rings. The summed E-state index contributed by atoms with van der Waals surface area (Å²) < 4.78 is 0. The van der Waals surface area contributed by atoms with Crippen LogP contribution in [0.15, 0.2) is 24.3 Å². The van der Waals surface area contributed by atoms with E-state index >= 15 is 0 Å². The quantitative estimate of drug-likeness (QED) is 0.927. The first-order valence-electron chi connectivity index (χ1n) is 7.75. The first-order chi connectivity index (χ1) is 10.2. The molecule has 1 N–H and O–H groups in total. The van der Waals surface area contributed by atoms with Gasteiger partial charge < -0.3 is 9.80 Å². The second-order valence-corrected chi connectivity index (χ2v) is 6.26. The fraction of sp³-hybridized carbons (Fsp3) is 0.562. The molecular formula is C16H22ClN3O. The minimum absolute atomic E-state index is 0.0407. The van der Waals surface area contributed by atoms with Gasteiger partial charge >= 0.3 is 0 Å². The summed E-state index contributed by atoms with van der Waals surface area (Å²) in [5.74, 6) is 0.178. The number of hydrogen-bond acceptors (Lipinski definition) is 3. The van der Waals surface area contributed by atoms with Crippen molar-refractivity contribution in [1.29, 1.82) is 0 Å². The molecule has 0 aromatic heterocycles. The number of likely N-dealkylation sites (tertiary alicyclic amines) is 1. The Bertz CT molecular complexity index is 502. The number of nitrogens with one attached hydrogen (secondary N) is 1. The van der Waals surface area contributed by atoms with E-state index in [0.29, 0.717) is 11.6 Å². The smallest absolute Gasteiger partial charge is 0.238 e. The Morgan fingerprint density at radius 1 is 1.19 bits per heavy atom. The van der Waals surface area contributed by atoms with Gasteiger partial charge in [-0.25, -0.2) is 0 Å². The summed E-state index contributed by atoms with van der Waals surface area (Å²) in [5, 5.41) is 4.00. The molecule has 114 valence electrons. The minimum Gasteiger partial charge on any atom is -0.321 e. The van der Waals surface area contributed by atoms with E-state index in [-0.39, 0.29) is 12.1 Å². The van der Waals surface area contributed by atoms with Crippen molar-refractivity contribution >= 4 is 17.5 Å². The van der Waals surface area contributed by atoms with Crippen LogP contribution in [-0.2, 0) is 4.79 Å². The number of hydrogen-bond donors (Lipinski definition) is 1. The molecule has 0 saturated carbocycles. The standard InChI is InChI=1S/C16H22ClN3O/c17-14-6-4-5-13(11-14)16-18-12-15(21)20(16)10-9-19-7-2-1-3-8-19/h4-6,11,16,18H,1-3,7-10,12H2. The Kier molecular flexibility index (Phi) is 4.78. The second kappa shape index (κ2) is 6.77. The monoisotopic (exact) mass is 307 g/mol. The molecule has 2 saturated heterocycles. The fourth-order valence-electron chi connectivity index (χ4n) is 3.20. The zero-order chi connectivity index (χ0) is 14.7. The van der Waals surface area contributed by atoms with Crippen molar-refractivity contribution in [3.05, 3.63) is 34.9 Å². The van der Waals surface area contributed by atoms with Crippen LogP contribution in [0.3, 0.4) is 0 Å². The van der Waals surface area contributed by atoms with E-state index in [4.69, 9.17) is 11.6 Å². The van der Waals surface area contributed by atoms with Crippen molar-refractivity contribution in [1.82, 2.24) is 15.1 Å². The lowest BCUT2D eigenvalue weighted by atomic mass is 10.1. The minimum atomic E-state index is -0.0407. The third kappa shape index (κ3) is 3.57. The van der Waals surface area contributed by atoms with E-state index in [2.05, 4.69) is 10.2 Å². The van der Waals surface area contributed by atoms with Gasteiger partial charge in [0.25, 0.3) is 0 Å². The van der Waals surface area contributed by atoms with Crippen molar-refractivity contribution in [2.45, 2.75) is 25.4 Å². The van der Waals surface area contributed by atoms with Crippen LogP contribution in [0.5, 0.6) is 0 Å². The van der Waals surface area contributed by atoms with Gasteiger partial charge in [0.1, 0.15) is 6.17 Å².